The largest absolute Gasteiger partial charge is 0.491 e. The summed E-state index contributed by atoms with van der Waals surface area (Å²) in [6.45, 7) is 7.71. The van der Waals surface area contributed by atoms with Crippen LogP contribution in [0.4, 0.5) is 5.95 Å². The summed E-state index contributed by atoms with van der Waals surface area (Å²) in [6.07, 6.45) is 0.807. The Morgan fingerprint density at radius 3 is 2.76 bits per heavy atom. The molecule has 0 aliphatic carbocycles. The number of anilines is 1. The molecule has 0 fully saturated rings. The highest BCUT2D eigenvalue weighted by molar-refractivity contribution is 5.88. The van der Waals surface area contributed by atoms with Crippen LogP contribution in [-0.2, 0) is 11.3 Å². The lowest BCUT2D eigenvalue weighted by atomic mass is 10.1. The zero-order valence-corrected chi connectivity index (χ0v) is 12.6. The van der Waals surface area contributed by atoms with Crippen molar-refractivity contribution in [2.24, 2.45) is 5.73 Å². The molecule has 0 unspecified atom stereocenters. The molecule has 1 aromatic heterocycles. The van der Waals surface area contributed by atoms with Crippen LogP contribution in [0.5, 0.6) is 5.75 Å². The number of fused-ring (bicyclic) bond motifs is 1. The van der Waals surface area contributed by atoms with Crippen molar-refractivity contribution >= 4 is 22.7 Å². The lowest BCUT2D eigenvalue weighted by Gasteiger charge is -2.12. The molecule has 0 amide bonds. The van der Waals surface area contributed by atoms with Gasteiger partial charge in [-0.05, 0) is 19.1 Å². The Morgan fingerprint density at radius 2 is 2.14 bits per heavy atom. The molecule has 0 saturated carbocycles. The maximum Gasteiger partial charge on any atom is 0.201 e. The number of aryl methyl sites for hydroxylation is 1. The molecule has 0 atom stereocenters. The minimum atomic E-state index is 0.467. The van der Waals surface area contributed by atoms with Gasteiger partial charge in [-0.25, -0.2) is 4.98 Å². The van der Waals surface area contributed by atoms with Gasteiger partial charge in [-0.15, -0.1) is 0 Å². The van der Waals surface area contributed by atoms with Gasteiger partial charge < -0.3 is 25.5 Å². The first-order valence-electron chi connectivity index (χ1n) is 6.94. The van der Waals surface area contributed by atoms with E-state index < -0.39 is 0 Å². The van der Waals surface area contributed by atoms with E-state index in [4.69, 9.17) is 20.9 Å². The molecule has 21 heavy (non-hydrogen) atoms. The average Bonchev–Trinajstić information content (AvgIpc) is 2.78. The zero-order chi connectivity index (χ0) is 15.4. The second-order valence-electron chi connectivity index (χ2n) is 4.78. The topological polar surface area (TPSA) is 88.3 Å². The van der Waals surface area contributed by atoms with Crippen LogP contribution in [0.3, 0.4) is 0 Å². The van der Waals surface area contributed by atoms with Crippen molar-refractivity contribution < 1.29 is 9.47 Å². The van der Waals surface area contributed by atoms with Crippen molar-refractivity contribution in [3.05, 3.63) is 24.3 Å². The van der Waals surface area contributed by atoms with E-state index >= 15 is 0 Å². The third kappa shape index (κ3) is 3.11. The third-order valence-corrected chi connectivity index (χ3v) is 3.27. The molecule has 0 spiro atoms. The van der Waals surface area contributed by atoms with E-state index in [9.17, 15) is 0 Å². The molecule has 1 heterocycles. The average molecular weight is 290 g/mol. The van der Waals surface area contributed by atoms with Crippen LogP contribution in [0.2, 0.25) is 0 Å². The Bertz CT molecular complexity index is 649. The number of nitrogen functional groups attached to an aromatic ring is 1. The molecule has 2 rings (SSSR count). The van der Waals surface area contributed by atoms with E-state index in [2.05, 4.69) is 11.6 Å². The van der Waals surface area contributed by atoms with E-state index in [0.717, 1.165) is 35.3 Å². The number of methoxy groups -OCH3 is 1. The summed E-state index contributed by atoms with van der Waals surface area (Å²) in [5.41, 5.74) is 14.7. The fraction of sp³-hybridized carbons (Fsp3) is 0.400. The molecular formula is C15H22N4O2. The van der Waals surface area contributed by atoms with E-state index in [0.29, 0.717) is 24.9 Å². The van der Waals surface area contributed by atoms with Crippen LogP contribution >= 0.6 is 0 Å². The summed E-state index contributed by atoms with van der Waals surface area (Å²) < 4.78 is 12.8. The molecule has 0 saturated heterocycles. The molecular weight excluding hydrogens is 268 g/mol. The summed E-state index contributed by atoms with van der Waals surface area (Å²) in [5.74, 6) is 1.19. The van der Waals surface area contributed by atoms with Gasteiger partial charge in [0.05, 0.1) is 12.1 Å². The number of nitrogens with two attached hydrogens (primary N) is 2. The molecule has 0 bridgehead atoms. The number of hydrogen-bond acceptors (Lipinski definition) is 5. The van der Waals surface area contributed by atoms with Gasteiger partial charge in [0.25, 0.3) is 0 Å². The van der Waals surface area contributed by atoms with E-state index in [1.54, 1.807) is 7.11 Å². The van der Waals surface area contributed by atoms with Gasteiger partial charge in [0.2, 0.25) is 5.95 Å². The van der Waals surface area contributed by atoms with Crippen LogP contribution in [-0.4, -0.2) is 29.9 Å². The predicted octanol–water partition coefficient (Wildman–Crippen LogP) is 1.98. The number of hydrogen-bond donors (Lipinski definition) is 2. The van der Waals surface area contributed by atoms with Gasteiger partial charge in [0.15, 0.2) is 0 Å². The first-order valence-corrected chi connectivity index (χ1v) is 6.94. The van der Waals surface area contributed by atoms with Crippen molar-refractivity contribution in [1.29, 1.82) is 0 Å². The van der Waals surface area contributed by atoms with Crippen molar-refractivity contribution in [2.75, 3.05) is 26.1 Å². The SMILES string of the molecule is C=C(N)c1cc(OCCCOC)c2c(c1)nc(N)n2CC. The number of aromatic nitrogens is 2. The number of nitrogens with zero attached hydrogens (tertiary/aromatic N) is 2. The normalized spacial score (nSPS) is 11.0. The second-order valence-corrected chi connectivity index (χ2v) is 4.78. The molecule has 0 aliphatic heterocycles. The van der Waals surface area contributed by atoms with Gasteiger partial charge >= 0.3 is 0 Å². The molecule has 0 radical (unpaired) electrons. The maximum atomic E-state index is 5.96. The molecule has 0 aliphatic rings. The highest BCUT2D eigenvalue weighted by atomic mass is 16.5. The lowest BCUT2D eigenvalue weighted by molar-refractivity contribution is 0.172. The predicted molar refractivity (Wildman–Crippen MR) is 85.0 cm³/mol. The number of ether oxygens (including phenoxy) is 2. The molecule has 6 heteroatoms. The van der Waals surface area contributed by atoms with Gasteiger partial charge in [-0.1, -0.05) is 6.58 Å². The molecule has 114 valence electrons. The number of imidazole rings is 1. The van der Waals surface area contributed by atoms with Crippen LogP contribution < -0.4 is 16.2 Å². The van der Waals surface area contributed by atoms with Crippen LogP contribution in [0, 0.1) is 0 Å². The summed E-state index contributed by atoms with van der Waals surface area (Å²) in [6, 6.07) is 3.76. The number of rotatable bonds is 7. The Balaban J connectivity index is 2.45. The minimum absolute atomic E-state index is 0.467. The molecule has 1 aromatic carbocycles. The smallest absolute Gasteiger partial charge is 0.201 e. The Labute approximate surface area is 124 Å². The monoisotopic (exact) mass is 290 g/mol. The highest BCUT2D eigenvalue weighted by Crippen LogP contribution is 2.31. The Morgan fingerprint density at radius 1 is 1.38 bits per heavy atom. The molecule has 2 aromatic rings. The van der Waals surface area contributed by atoms with Crippen molar-refractivity contribution in [2.45, 2.75) is 19.9 Å². The summed E-state index contributed by atoms with van der Waals surface area (Å²) in [5, 5.41) is 0. The minimum Gasteiger partial charge on any atom is -0.491 e. The van der Waals surface area contributed by atoms with Gasteiger partial charge in [-0.3, -0.25) is 0 Å². The quantitative estimate of drug-likeness (QED) is 0.761. The fourth-order valence-corrected chi connectivity index (χ4v) is 2.25. The van der Waals surface area contributed by atoms with Gasteiger partial charge in [0.1, 0.15) is 11.3 Å². The third-order valence-electron chi connectivity index (χ3n) is 3.27. The van der Waals surface area contributed by atoms with Crippen molar-refractivity contribution in [3.63, 3.8) is 0 Å². The molecule has 6 nitrogen and oxygen atoms in total. The maximum absolute atomic E-state index is 5.96. The first kappa shape index (κ1) is 15.2. The summed E-state index contributed by atoms with van der Waals surface area (Å²) >= 11 is 0. The number of benzene rings is 1. The van der Waals surface area contributed by atoms with Crippen molar-refractivity contribution in [3.8, 4) is 5.75 Å². The highest BCUT2D eigenvalue weighted by Gasteiger charge is 2.14. The van der Waals surface area contributed by atoms with Crippen LogP contribution in [0.1, 0.15) is 18.9 Å². The standard InChI is InChI=1S/C15H22N4O2/c1-4-19-14-12(18-15(19)17)8-11(10(2)16)9-13(14)21-7-5-6-20-3/h8-9H,2,4-7,16H2,1,3H3,(H2,17,18). The van der Waals surface area contributed by atoms with Crippen LogP contribution in [0.15, 0.2) is 18.7 Å². The second kappa shape index (κ2) is 6.49. The van der Waals surface area contributed by atoms with Gasteiger partial charge in [-0.2, -0.15) is 0 Å². The summed E-state index contributed by atoms with van der Waals surface area (Å²) in [4.78, 5) is 4.37. The Hall–Kier alpha value is -2.21. The first-order chi connectivity index (χ1) is 10.1. The summed E-state index contributed by atoms with van der Waals surface area (Å²) in [7, 11) is 1.67. The zero-order valence-electron chi connectivity index (χ0n) is 12.6. The van der Waals surface area contributed by atoms with Gasteiger partial charge in [0, 0.05) is 37.9 Å². The Kier molecular flexibility index (Phi) is 4.70. The lowest BCUT2D eigenvalue weighted by Crippen LogP contribution is -2.05. The fourth-order valence-electron chi connectivity index (χ4n) is 2.25. The van der Waals surface area contributed by atoms with E-state index in [1.165, 1.54) is 0 Å². The molecule has 4 N–H and O–H groups in total. The van der Waals surface area contributed by atoms with Crippen molar-refractivity contribution in [1.82, 2.24) is 9.55 Å². The van der Waals surface area contributed by atoms with Crippen LogP contribution in [0.25, 0.3) is 16.7 Å². The van der Waals surface area contributed by atoms with E-state index in [1.807, 2.05) is 23.6 Å². The van der Waals surface area contributed by atoms with E-state index in [-0.39, 0.29) is 0 Å².